The zero-order valence-corrected chi connectivity index (χ0v) is 14.0. The van der Waals surface area contributed by atoms with E-state index in [0.717, 1.165) is 5.56 Å². The lowest BCUT2D eigenvalue weighted by Gasteiger charge is -2.09. The van der Waals surface area contributed by atoms with Crippen LogP contribution >= 0.6 is 0 Å². The number of carbonyl (C=O) groups is 2. The molecule has 0 bridgehead atoms. The van der Waals surface area contributed by atoms with Gasteiger partial charge in [0, 0.05) is 16.8 Å². The van der Waals surface area contributed by atoms with E-state index in [9.17, 15) is 9.59 Å². The van der Waals surface area contributed by atoms with Crippen LogP contribution in [0.3, 0.4) is 0 Å². The minimum absolute atomic E-state index is 0.295. The molecule has 0 radical (unpaired) electrons. The first-order valence-corrected chi connectivity index (χ1v) is 8.10. The van der Waals surface area contributed by atoms with E-state index in [4.69, 9.17) is 10.5 Å². The highest BCUT2D eigenvalue weighted by Gasteiger charge is 2.09. The molecule has 0 heterocycles. The lowest BCUT2D eigenvalue weighted by atomic mass is 10.1. The molecule has 130 valence electrons. The van der Waals surface area contributed by atoms with Gasteiger partial charge in [-0.25, -0.2) is 0 Å². The largest absolute Gasteiger partial charge is 0.489 e. The van der Waals surface area contributed by atoms with E-state index >= 15 is 0 Å². The lowest BCUT2D eigenvalue weighted by molar-refractivity contribution is 0.0996. The summed E-state index contributed by atoms with van der Waals surface area (Å²) in [6, 6.07) is 23.2. The fourth-order valence-corrected chi connectivity index (χ4v) is 2.42. The van der Waals surface area contributed by atoms with Crippen molar-refractivity contribution < 1.29 is 14.3 Å². The first-order chi connectivity index (χ1) is 12.6. The quantitative estimate of drug-likeness (QED) is 0.715. The van der Waals surface area contributed by atoms with Crippen LogP contribution < -0.4 is 15.8 Å². The molecule has 0 spiro atoms. The SMILES string of the molecule is NC(=O)c1cccc(NC(=O)c2cccc(OCc3ccccc3)c2)c1. The topological polar surface area (TPSA) is 81.4 Å². The highest BCUT2D eigenvalue weighted by molar-refractivity contribution is 6.05. The molecule has 3 rings (SSSR count). The molecule has 3 N–H and O–H groups in total. The molecular formula is C21H18N2O3. The van der Waals surface area contributed by atoms with Crippen LogP contribution in [-0.2, 0) is 6.61 Å². The van der Waals surface area contributed by atoms with Gasteiger partial charge in [0.1, 0.15) is 12.4 Å². The van der Waals surface area contributed by atoms with Gasteiger partial charge in [-0.05, 0) is 42.0 Å². The molecule has 0 aliphatic carbocycles. The van der Waals surface area contributed by atoms with Crippen molar-refractivity contribution in [2.75, 3.05) is 5.32 Å². The van der Waals surface area contributed by atoms with Crippen LogP contribution in [0.25, 0.3) is 0 Å². The average Bonchev–Trinajstić information content (AvgIpc) is 2.67. The number of amides is 2. The van der Waals surface area contributed by atoms with Crippen molar-refractivity contribution in [3.63, 3.8) is 0 Å². The summed E-state index contributed by atoms with van der Waals surface area (Å²) in [7, 11) is 0. The number of benzene rings is 3. The summed E-state index contributed by atoms with van der Waals surface area (Å²) >= 11 is 0. The van der Waals surface area contributed by atoms with Gasteiger partial charge in [0.25, 0.3) is 5.91 Å². The smallest absolute Gasteiger partial charge is 0.255 e. The molecule has 0 aliphatic heterocycles. The molecule has 0 saturated carbocycles. The molecule has 0 unspecified atom stereocenters. The van der Waals surface area contributed by atoms with Crippen LogP contribution in [0.15, 0.2) is 78.9 Å². The third kappa shape index (κ3) is 4.48. The Bertz CT molecular complexity index is 923. The van der Waals surface area contributed by atoms with Crippen molar-refractivity contribution >= 4 is 17.5 Å². The fourth-order valence-electron chi connectivity index (χ4n) is 2.42. The maximum atomic E-state index is 12.4. The van der Waals surface area contributed by atoms with Gasteiger partial charge in [0.05, 0.1) is 0 Å². The van der Waals surface area contributed by atoms with Crippen molar-refractivity contribution in [2.45, 2.75) is 6.61 Å². The third-order valence-electron chi connectivity index (χ3n) is 3.75. The Hall–Kier alpha value is -3.60. The van der Waals surface area contributed by atoms with Gasteiger partial charge in [-0.3, -0.25) is 9.59 Å². The Kier molecular flexibility index (Phi) is 5.29. The van der Waals surface area contributed by atoms with Crippen LogP contribution in [0.1, 0.15) is 26.3 Å². The first-order valence-electron chi connectivity index (χ1n) is 8.10. The number of anilines is 1. The van der Waals surface area contributed by atoms with Crippen LogP contribution in [0.5, 0.6) is 5.75 Å². The van der Waals surface area contributed by atoms with Crippen molar-refractivity contribution in [3.05, 3.63) is 95.6 Å². The van der Waals surface area contributed by atoms with Gasteiger partial charge >= 0.3 is 0 Å². The molecular weight excluding hydrogens is 328 g/mol. The second-order valence-electron chi connectivity index (χ2n) is 5.70. The summed E-state index contributed by atoms with van der Waals surface area (Å²) < 4.78 is 5.74. The van der Waals surface area contributed by atoms with Gasteiger partial charge in [0.2, 0.25) is 5.91 Å². The van der Waals surface area contributed by atoms with E-state index in [1.807, 2.05) is 30.3 Å². The minimum Gasteiger partial charge on any atom is -0.489 e. The molecule has 3 aromatic carbocycles. The summed E-state index contributed by atoms with van der Waals surface area (Å²) in [5.74, 6) is -0.235. The maximum Gasteiger partial charge on any atom is 0.255 e. The van der Waals surface area contributed by atoms with Crippen LogP contribution in [0, 0.1) is 0 Å². The number of ether oxygens (including phenoxy) is 1. The van der Waals surface area contributed by atoms with E-state index in [-0.39, 0.29) is 5.91 Å². The van der Waals surface area contributed by atoms with Crippen molar-refractivity contribution in [3.8, 4) is 5.75 Å². The summed E-state index contributed by atoms with van der Waals surface area (Å²) in [4.78, 5) is 23.7. The molecule has 0 atom stereocenters. The monoisotopic (exact) mass is 346 g/mol. The predicted octanol–water partition coefficient (Wildman–Crippen LogP) is 3.62. The molecule has 26 heavy (non-hydrogen) atoms. The Labute approximate surface area is 151 Å². The first kappa shape index (κ1) is 17.2. The average molecular weight is 346 g/mol. The van der Waals surface area contributed by atoms with Crippen LogP contribution in [0.4, 0.5) is 5.69 Å². The van der Waals surface area contributed by atoms with Gasteiger partial charge in [-0.1, -0.05) is 42.5 Å². The minimum atomic E-state index is -0.544. The van der Waals surface area contributed by atoms with Crippen molar-refractivity contribution in [2.24, 2.45) is 5.73 Å². The van der Waals surface area contributed by atoms with E-state index in [1.165, 1.54) is 6.07 Å². The van der Waals surface area contributed by atoms with Gasteiger partial charge in [0.15, 0.2) is 0 Å². The van der Waals surface area contributed by atoms with Crippen molar-refractivity contribution in [1.82, 2.24) is 0 Å². The summed E-state index contributed by atoms with van der Waals surface area (Å²) in [5.41, 5.74) is 7.60. The Morgan fingerprint density at radius 3 is 2.35 bits per heavy atom. The molecule has 5 heteroatoms. The van der Waals surface area contributed by atoms with E-state index in [2.05, 4.69) is 5.32 Å². The number of nitrogens with two attached hydrogens (primary N) is 1. The Morgan fingerprint density at radius 2 is 1.58 bits per heavy atom. The van der Waals surface area contributed by atoms with E-state index in [0.29, 0.717) is 29.2 Å². The molecule has 2 amide bonds. The van der Waals surface area contributed by atoms with Crippen LogP contribution in [0.2, 0.25) is 0 Å². The number of nitrogens with one attached hydrogen (secondary N) is 1. The van der Waals surface area contributed by atoms with Gasteiger partial charge < -0.3 is 15.8 Å². The summed E-state index contributed by atoms with van der Waals surface area (Å²) in [5, 5.41) is 2.75. The molecule has 0 aromatic heterocycles. The molecule has 5 nitrogen and oxygen atoms in total. The van der Waals surface area contributed by atoms with Gasteiger partial charge in [-0.15, -0.1) is 0 Å². The number of carbonyl (C=O) groups excluding carboxylic acids is 2. The second-order valence-corrected chi connectivity index (χ2v) is 5.70. The number of primary amides is 1. The zero-order chi connectivity index (χ0) is 18.4. The summed E-state index contributed by atoms with van der Waals surface area (Å²) in [6.07, 6.45) is 0. The zero-order valence-electron chi connectivity index (χ0n) is 14.0. The lowest BCUT2D eigenvalue weighted by Crippen LogP contribution is -2.14. The number of rotatable bonds is 6. The second kappa shape index (κ2) is 7.98. The van der Waals surface area contributed by atoms with Crippen molar-refractivity contribution in [1.29, 1.82) is 0 Å². The molecule has 0 aliphatic rings. The van der Waals surface area contributed by atoms with E-state index < -0.39 is 5.91 Å². The standard InChI is InChI=1S/C21H18N2O3/c22-20(24)16-8-4-10-18(12-16)23-21(25)17-9-5-11-19(13-17)26-14-15-6-2-1-3-7-15/h1-13H,14H2,(H2,22,24)(H,23,25). The number of hydrogen-bond acceptors (Lipinski definition) is 3. The maximum absolute atomic E-state index is 12.4. The third-order valence-corrected chi connectivity index (χ3v) is 3.75. The number of hydrogen-bond donors (Lipinski definition) is 2. The van der Waals surface area contributed by atoms with Crippen LogP contribution in [-0.4, -0.2) is 11.8 Å². The fraction of sp³-hybridized carbons (Fsp3) is 0.0476. The highest BCUT2D eigenvalue weighted by atomic mass is 16.5. The summed E-state index contributed by atoms with van der Waals surface area (Å²) in [6.45, 7) is 0.423. The molecule has 3 aromatic rings. The normalized spacial score (nSPS) is 10.2. The molecule has 0 fully saturated rings. The Balaban J connectivity index is 1.68. The molecule has 0 saturated heterocycles. The predicted molar refractivity (Wildman–Crippen MR) is 100 cm³/mol. The van der Waals surface area contributed by atoms with E-state index in [1.54, 1.807) is 42.5 Å². The highest BCUT2D eigenvalue weighted by Crippen LogP contribution is 2.17. The van der Waals surface area contributed by atoms with Gasteiger partial charge in [-0.2, -0.15) is 0 Å². The Morgan fingerprint density at radius 1 is 0.846 bits per heavy atom.